The van der Waals surface area contributed by atoms with Crippen LogP contribution in [0.3, 0.4) is 0 Å². The van der Waals surface area contributed by atoms with Crippen LogP contribution in [0.25, 0.3) is 11.4 Å². The lowest BCUT2D eigenvalue weighted by Gasteiger charge is -2.30. The smallest absolute Gasteiger partial charge is 0.241 e. The molecule has 0 saturated carbocycles. The predicted molar refractivity (Wildman–Crippen MR) is 145 cm³/mol. The lowest BCUT2D eigenvalue weighted by atomic mass is 9.97. The molecule has 1 atom stereocenters. The summed E-state index contributed by atoms with van der Waals surface area (Å²) in [6, 6.07) is 16.8. The van der Waals surface area contributed by atoms with Crippen LogP contribution < -0.4 is 5.32 Å². The number of nitrogens with one attached hydrogen (secondary N) is 1. The third kappa shape index (κ3) is 7.05. The fourth-order valence-electron chi connectivity index (χ4n) is 5.51. The average Bonchev–Trinajstić information content (AvgIpc) is 3.22. The lowest BCUT2D eigenvalue weighted by molar-refractivity contribution is -0.127. The highest BCUT2D eigenvalue weighted by molar-refractivity contribution is 5.79. The van der Waals surface area contributed by atoms with Gasteiger partial charge in [0.1, 0.15) is 0 Å². The monoisotopic (exact) mass is 501 g/mol. The number of carbonyl (C=O) groups is 1. The number of benzene rings is 2. The van der Waals surface area contributed by atoms with E-state index in [4.69, 9.17) is 4.52 Å². The van der Waals surface area contributed by atoms with Gasteiger partial charge >= 0.3 is 0 Å². The highest BCUT2D eigenvalue weighted by Crippen LogP contribution is 2.22. The van der Waals surface area contributed by atoms with Gasteiger partial charge in [-0.15, -0.1) is 0 Å². The fraction of sp³-hybridized carbons (Fsp3) is 0.500. The van der Waals surface area contributed by atoms with Crippen LogP contribution in [0.5, 0.6) is 0 Å². The first-order chi connectivity index (χ1) is 18.1. The van der Waals surface area contributed by atoms with Crippen LogP contribution in [0.2, 0.25) is 0 Å². The van der Waals surface area contributed by atoms with Gasteiger partial charge in [0.15, 0.2) is 0 Å². The molecule has 1 aromatic heterocycles. The summed E-state index contributed by atoms with van der Waals surface area (Å²) < 4.78 is 5.54. The molecule has 3 heterocycles. The van der Waals surface area contributed by atoms with Crippen molar-refractivity contribution < 1.29 is 9.32 Å². The van der Waals surface area contributed by atoms with Crippen LogP contribution in [0.1, 0.15) is 61.1 Å². The maximum absolute atomic E-state index is 13.0. The van der Waals surface area contributed by atoms with Crippen molar-refractivity contribution in [3.05, 3.63) is 71.1 Å². The van der Waals surface area contributed by atoms with E-state index in [1.165, 1.54) is 44.3 Å². The van der Waals surface area contributed by atoms with Crippen molar-refractivity contribution in [2.24, 2.45) is 5.92 Å². The van der Waals surface area contributed by atoms with E-state index in [1.807, 2.05) is 31.2 Å². The zero-order valence-corrected chi connectivity index (χ0v) is 22.0. The molecule has 37 heavy (non-hydrogen) atoms. The molecule has 5 rings (SSSR count). The van der Waals surface area contributed by atoms with Crippen molar-refractivity contribution in [3.8, 4) is 11.4 Å². The molecule has 2 saturated heterocycles. The summed E-state index contributed by atoms with van der Waals surface area (Å²) in [5.41, 5.74) is 4.61. The van der Waals surface area contributed by atoms with Gasteiger partial charge in [0.2, 0.25) is 17.6 Å². The molecular formula is C30H39N5O2. The number of aryl methyl sites for hydroxylation is 1. The van der Waals surface area contributed by atoms with Gasteiger partial charge in [0.25, 0.3) is 0 Å². The third-order valence-electron chi connectivity index (χ3n) is 7.68. The minimum Gasteiger partial charge on any atom is -0.352 e. The molecule has 2 aromatic carbocycles. The van der Waals surface area contributed by atoms with Crippen LogP contribution in [0.15, 0.2) is 53.1 Å². The normalized spacial score (nSPS) is 19.4. The highest BCUT2D eigenvalue weighted by Gasteiger charge is 2.27. The first-order valence-corrected chi connectivity index (χ1v) is 13.8. The number of likely N-dealkylation sites (tertiary alicyclic amines) is 2. The maximum Gasteiger partial charge on any atom is 0.241 e. The van der Waals surface area contributed by atoms with Crippen molar-refractivity contribution >= 4 is 5.91 Å². The number of nitrogens with zero attached hydrogens (tertiary/aromatic N) is 4. The molecule has 2 fully saturated rings. The number of amides is 1. The zero-order valence-electron chi connectivity index (χ0n) is 22.0. The van der Waals surface area contributed by atoms with Gasteiger partial charge < -0.3 is 9.84 Å². The Hall–Kier alpha value is -3.03. The van der Waals surface area contributed by atoms with Crippen molar-refractivity contribution in [2.45, 2.75) is 65.1 Å². The first kappa shape index (κ1) is 25.6. The number of piperidine rings is 1. The number of aromatic nitrogens is 2. The molecule has 0 bridgehead atoms. The van der Waals surface area contributed by atoms with Crippen molar-refractivity contribution in [3.63, 3.8) is 0 Å². The van der Waals surface area contributed by atoms with Gasteiger partial charge in [-0.1, -0.05) is 66.5 Å². The zero-order chi connectivity index (χ0) is 25.5. The Morgan fingerprint density at radius 3 is 2.43 bits per heavy atom. The summed E-state index contributed by atoms with van der Waals surface area (Å²) >= 11 is 0. The number of rotatable bonds is 8. The van der Waals surface area contributed by atoms with E-state index < -0.39 is 0 Å². The van der Waals surface area contributed by atoms with Crippen molar-refractivity contribution in [1.82, 2.24) is 25.3 Å². The number of carbonyl (C=O) groups excluding carboxylic acids is 1. The van der Waals surface area contributed by atoms with Crippen LogP contribution in [0, 0.1) is 12.8 Å². The maximum atomic E-state index is 13.0. The minimum atomic E-state index is -0.0187. The molecule has 196 valence electrons. The summed E-state index contributed by atoms with van der Waals surface area (Å²) in [5.74, 6) is 1.33. The van der Waals surface area contributed by atoms with Gasteiger partial charge in [0, 0.05) is 25.2 Å². The van der Waals surface area contributed by atoms with Crippen molar-refractivity contribution in [2.75, 3.05) is 26.2 Å². The van der Waals surface area contributed by atoms with Crippen LogP contribution in [-0.2, 0) is 24.4 Å². The molecule has 0 spiro atoms. The largest absolute Gasteiger partial charge is 0.352 e. The Kier molecular flexibility index (Phi) is 8.64. The topological polar surface area (TPSA) is 74.5 Å². The third-order valence-corrected chi connectivity index (χ3v) is 7.68. The SMILES string of the molecule is Cc1ccccc1-c1noc(CN2CCCC(C(=O)NCc3ccc(CN4CCCCCC4)cc3)C2)n1. The van der Waals surface area contributed by atoms with Crippen molar-refractivity contribution in [1.29, 1.82) is 0 Å². The van der Waals surface area contributed by atoms with Gasteiger partial charge in [-0.3, -0.25) is 14.6 Å². The molecule has 0 radical (unpaired) electrons. The van der Waals surface area contributed by atoms with Gasteiger partial charge in [-0.05, 0) is 68.9 Å². The number of hydrogen-bond donors (Lipinski definition) is 1. The van der Waals surface area contributed by atoms with E-state index in [1.54, 1.807) is 0 Å². The Labute approximate surface area is 220 Å². The Morgan fingerprint density at radius 1 is 0.919 bits per heavy atom. The van der Waals surface area contributed by atoms with Crippen LogP contribution in [-0.4, -0.2) is 52.0 Å². The summed E-state index contributed by atoms with van der Waals surface area (Å²) in [5, 5.41) is 7.34. The van der Waals surface area contributed by atoms with E-state index >= 15 is 0 Å². The van der Waals surface area contributed by atoms with Gasteiger partial charge in [-0.2, -0.15) is 4.98 Å². The molecule has 2 aliphatic heterocycles. The van der Waals surface area contributed by atoms with E-state index in [0.717, 1.165) is 42.6 Å². The summed E-state index contributed by atoms with van der Waals surface area (Å²) in [6.07, 6.45) is 7.25. The summed E-state index contributed by atoms with van der Waals surface area (Å²) in [4.78, 5) is 22.4. The predicted octanol–water partition coefficient (Wildman–Crippen LogP) is 4.95. The highest BCUT2D eigenvalue weighted by atomic mass is 16.5. The quantitative estimate of drug-likeness (QED) is 0.471. The molecule has 0 aliphatic carbocycles. The van der Waals surface area contributed by atoms with E-state index in [2.05, 4.69) is 49.5 Å². The molecule has 7 nitrogen and oxygen atoms in total. The van der Waals surface area contributed by atoms with E-state index in [-0.39, 0.29) is 11.8 Å². The molecule has 1 N–H and O–H groups in total. The fourth-order valence-corrected chi connectivity index (χ4v) is 5.51. The van der Waals surface area contributed by atoms with E-state index in [9.17, 15) is 4.79 Å². The second kappa shape index (κ2) is 12.5. The molecule has 2 aliphatic rings. The molecule has 3 aromatic rings. The summed E-state index contributed by atoms with van der Waals surface area (Å²) in [6.45, 7) is 8.27. The number of hydrogen-bond acceptors (Lipinski definition) is 6. The molecule has 1 amide bonds. The average molecular weight is 502 g/mol. The standard InChI is InChI=1S/C30H39N5O2/c1-23-9-4-5-11-27(23)29-32-28(37-33-29)22-35-18-8-10-26(21-35)30(36)31-19-24-12-14-25(15-13-24)20-34-16-6-2-3-7-17-34/h4-5,9,11-15,26H,2-3,6-8,10,16-22H2,1H3,(H,31,36). The lowest BCUT2D eigenvalue weighted by Crippen LogP contribution is -2.42. The summed E-state index contributed by atoms with van der Waals surface area (Å²) in [7, 11) is 0. The minimum absolute atomic E-state index is 0.0187. The molecule has 7 heteroatoms. The Morgan fingerprint density at radius 2 is 1.65 bits per heavy atom. The van der Waals surface area contributed by atoms with Gasteiger partial charge in [-0.25, -0.2) is 0 Å². The first-order valence-electron chi connectivity index (χ1n) is 13.8. The van der Waals surface area contributed by atoms with Crippen LogP contribution >= 0.6 is 0 Å². The van der Waals surface area contributed by atoms with Gasteiger partial charge in [0.05, 0.1) is 12.5 Å². The van der Waals surface area contributed by atoms with Crippen LogP contribution in [0.4, 0.5) is 0 Å². The Bertz CT molecular complexity index is 1150. The second-order valence-corrected chi connectivity index (χ2v) is 10.6. The Balaban J connectivity index is 1.09. The van der Waals surface area contributed by atoms with E-state index in [0.29, 0.717) is 31.3 Å². The molecular weight excluding hydrogens is 462 g/mol. The second-order valence-electron chi connectivity index (χ2n) is 10.6. The molecule has 1 unspecified atom stereocenters.